The Morgan fingerprint density at radius 3 is 2.17 bits per heavy atom. The molecule has 0 aromatic heterocycles. The van der Waals surface area contributed by atoms with Crippen LogP contribution in [-0.2, 0) is 9.53 Å². The van der Waals surface area contributed by atoms with Crippen molar-refractivity contribution in [2.75, 3.05) is 52.6 Å². The van der Waals surface area contributed by atoms with E-state index >= 15 is 0 Å². The van der Waals surface area contributed by atoms with Crippen LogP contribution in [0.4, 0.5) is 0 Å². The molecule has 0 fully saturated rings. The van der Waals surface area contributed by atoms with E-state index in [9.17, 15) is 4.79 Å². The third-order valence-corrected chi connectivity index (χ3v) is 3.96. The molecule has 0 aliphatic carbocycles. The number of rotatable bonds is 18. The van der Waals surface area contributed by atoms with Crippen LogP contribution in [0.5, 0.6) is 0 Å². The van der Waals surface area contributed by atoms with Crippen molar-refractivity contribution in [3.05, 3.63) is 0 Å². The average molecular weight is 347 g/mol. The van der Waals surface area contributed by atoms with Gasteiger partial charge in [-0.2, -0.15) is 0 Å². The van der Waals surface area contributed by atoms with Crippen molar-refractivity contribution in [1.82, 2.24) is 10.2 Å². The van der Waals surface area contributed by atoms with Crippen LogP contribution in [0.3, 0.4) is 0 Å². The standard InChI is InChI=1S/C18H38N2O4/c1-2-3-4-5-6-7-8-9-18(23)19-10-16-24-17-13-20(11-14-21)12-15-22/h21-22H,2-17H2,1H3,(H,19,23). The zero-order valence-corrected chi connectivity index (χ0v) is 15.5. The van der Waals surface area contributed by atoms with Crippen LogP contribution in [0.15, 0.2) is 0 Å². The Morgan fingerprint density at radius 1 is 0.917 bits per heavy atom. The summed E-state index contributed by atoms with van der Waals surface area (Å²) in [6, 6.07) is 0. The molecule has 0 saturated carbocycles. The molecule has 6 nitrogen and oxygen atoms in total. The average Bonchev–Trinajstić information content (AvgIpc) is 2.57. The van der Waals surface area contributed by atoms with Gasteiger partial charge in [0.2, 0.25) is 5.91 Å². The van der Waals surface area contributed by atoms with Gasteiger partial charge in [0.25, 0.3) is 0 Å². The van der Waals surface area contributed by atoms with E-state index in [0.29, 0.717) is 45.8 Å². The monoisotopic (exact) mass is 346 g/mol. The molecule has 6 heteroatoms. The van der Waals surface area contributed by atoms with Gasteiger partial charge in [-0.1, -0.05) is 45.4 Å². The van der Waals surface area contributed by atoms with Crippen LogP contribution in [-0.4, -0.2) is 73.6 Å². The zero-order valence-electron chi connectivity index (χ0n) is 15.5. The van der Waals surface area contributed by atoms with Crippen LogP contribution < -0.4 is 5.32 Å². The number of carbonyl (C=O) groups excluding carboxylic acids is 1. The lowest BCUT2D eigenvalue weighted by Gasteiger charge is -2.19. The molecule has 0 aromatic carbocycles. The van der Waals surface area contributed by atoms with E-state index in [2.05, 4.69) is 12.2 Å². The highest BCUT2D eigenvalue weighted by atomic mass is 16.5. The number of aliphatic hydroxyl groups is 2. The van der Waals surface area contributed by atoms with Crippen molar-refractivity contribution in [3.8, 4) is 0 Å². The van der Waals surface area contributed by atoms with Gasteiger partial charge in [0, 0.05) is 32.6 Å². The summed E-state index contributed by atoms with van der Waals surface area (Å²) in [6.07, 6.45) is 9.13. The smallest absolute Gasteiger partial charge is 0.220 e. The molecular formula is C18H38N2O4. The maximum absolute atomic E-state index is 11.7. The highest BCUT2D eigenvalue weighted by molar-refractivity contribution is 5.75. The van der Waals surface area contributed by atoms with Gasteiger partial charge < -0.3 is 20.3 Å². The fourth-order valence-electron chi connectivity index (χ4n) is 2.51. The number of hydrogen-bond donors (Lipinski definition) is 3. The molecule has 0 spiro atoms. The molecule has 0 saturated heterocycles. The summed E-state index contributed by atoms with van der Waals surface area (Å²) in [5, 5.41) is 20.7. The van der Waals surface area contributed by atoms with E-state index in [1.165, 1.54) is 32.1 Å². The maximum atomic E-state index is 11.7. The minimum absolute atomic E-state index is 0.0780. The van der Waals surface area contributed by atoms with Gasteiger partial charge in [0.05, 0.1) is 26.4 Å². The van der Waals surface area contributed by atoms with Crippen molar-refractivity contribution in [3.63, 3.8) is 0 Å². The van der Waals surface area contributed by atoms with Crippen LogP contribution in [0.1, 0.15) is 58.3 Å². The second-order valence-electron chi connectivity index (χ2n) is 6.12. The Hall–Kier alpha value is -0.690. The summed E-state index contributed by atoms with van der Waals surface area (Å²) in [6.45, 7) is 5.70. The molecule has 1 amide bonds. The summed E-state index contributed by atoms with van der Waals surface area (Å²) >= 11 is 0. The summed E-state index contributed by atoms with van der Waals surface area (Å²) in [5.74, 6) is 0.106. The molecule has 0 aliphatic rings. The van der Waals surface area contributed by atoms with Gasteiger partial charge in [-0.05, 0) is 6.42 Å². The first-order valence-corrected chi connectivity index (χ1v) is 9.53. The molecule has 0 unspecified atom stereocenters. The zero-order chi connectivity index (χ0) is 17.9. The predicted molar refractivity (Wildman–Crippen MR) is 97.1 cm³/mol. The number of ether oxygens (including phenoxy) is 1. The van der Waals surface area contributed by atoms with Crippen molar-refractivity contribution >= 4 is 5.91 Å². The largest absolute Gasteiger partial charge is 0.395 e. The molecule has 24 heavy (non-hydrogen) atoms. The molecule has 0 radical (unpaired) electrons. The number of aliphatic hydroxyl groups excluding tert-OH is 2. The number of hydrogen-bond acceptors (Lipinski definition) is 5. The van der Waals surface area contributed by atoms with Crippen LogP contribution >= 0.6 is 0 Å². The highest BCUT2D eigenvalue weighted by Crippen LogP contribution is 2.08. The second kappa shape index (κ2) is 18.6. The third kappa shape index (κ3) is 16.2. The normalized spacial score (nSPS) is 11.2. The Kier molecular flexibility index (Phi) is 18.1. The van der Waals surface area contributed by atoms with Crippen molar-refractivity contribution in [2.45, 2.75) is 58.3 Å². The number of carbonyl (C=O) groups is 1. The highest BCUT2D eigenvalue weighted by Gasteiger charge is 2.03. The van der Waals surface area contributed by atoms with Crippen LogP contribution in [0.2, 0.25) is 0 Å². The minimum Gasteiger partial charge on any atom is -0.395 e. The van der Waals surface area contributed by atoms with Crippen molar-refractivity contribution < 1.29 is 19.7 Å². The molecule has 0 bridgehead atoms. The summed E-state index contributed by atoms with van der Waals surface area (Å²) in [5.41, 5.74) is 0. The van der Waals surface area contributed by atoms with Gasteiger partial charge in [-0.3, -0.25) is 9.69 Å². The molecule has 3 N–H and O–H groups in total. The lowest BCUT2D eigenvalue weighted by molar-refractivity contribution is -0.121. The molecule has 0 heterocycles. The van der Waals surface area contributed by atoms with Gasteiger partial charge in [-0.25, -0.2) is 0 Å². The Balaban J connectivity index is 3.36. The molecule has 0 aromatic rings. The molecule has 0 aliphatic heterocycles. The SMILES string of the molecule is CCCCCCCCCC(=O)NCCOCCN(CCO)CCO. The summed E-state index contributed by atoms with van der Waals surface area (Å²) in [7, 11) is 0. The van der Waals surface area contributed by atoms with Crippen molar-refractivity contribution in [2.24, 2.45) is 0 Å². The van der Waals surface area contributed by atoms with Crippen LogP contribution in [0.25, 0.3) is 0 Å². The van der Waals surface area contributed by atoms with Gasteiger partial charge in [0.15, 0.2) is 0 Å². The first-order valence-electron chi connectivity index (χ1n) is 9.53. The molecule has 0 atom stereocenters. The van der Waals surface area contributed by atoms with E-state index in [1.54, 1.807) is 0 Å². The first kappa shape index (κ1) is 23.3. The quantitative estimate of drug-likeness (QED) is 0.328. The van der Waals surface area contributed by atoms with Gasteiger partial charge in [-0.15, -0.1) is 0 Å². The van der Waals surface area contributed by atoms with E-state index in [-0.39, 0.29) is 19.1 Å². The number of nitrogens with one attached hydrogen (secondary N) is 1. The van der Waals surface area contributed by atoms with E-state index in [1.807, 2.05) is 4.90 Å². The summed E-state index contributed by atoms with van der Waals surface area (Å²) < 4.78 is 5.47. The van der Waals surface area contributed by atoms with Gasteiger partial charge in [0.1, 0.15) is 0 Å². The Labute approximate surface area is 147 Å². The lowest BCUT2D eigenvalue weighted by Crippen LogP contribution is -2.33. The Bertz CT molecular complexity index is 272. The minimum atomic E-state index is 0.0780. The second-order valence-corrected chi connectivity index (χ2v) is 6.12. The van der Waals surface area contributed by atoms with Crippen LogP contribution in [0, 0.1) is 0 Å². The van der Waals surface area contributed by atoms with E-state index in [0.717, 1.165) is 12.8 Å². The number of amides is 1. The van der Waals surface area contributed by atoms with E-state index < -0.39 is 0 Å². The summed E-state index contributed by atoms with van der Waals surface area (Å²) in [4.78, 5) is 13.6. The van der Waals surface area contributed by atoms with E-state index in [4.69, 9.17) is 14.9 Å². The fraction of sp³-hybridized carbons (Fsp3) is 0.944. The third-order valence-electron chi connectivity index (χ3n) is 3.96. The number of unbranched alkanes of at least 4 members (excludes halogenated alkanes) is 6. The van der Waals surface area contributed by atoms with Crippen molar-refractivity contribution in [1.29, 1.82) is 0 Å². The number of nitrogens with zero attached hydrogens (tertiary/aromatic N) is 1. The molecular weight excluding hydrogens is 308 g/mol. The first-order chi connectivity index (χ1) is 11.7. The lowest BCUT2D eigenvalue weighted by atomic mass is 10.1. The predicted octanol–water partition coefficient (Wildman–Crippen LogP) is 1.55. The molecule has 0 rings (SSSR count). The fourth-order valence-corrected chi connectivity index (χ4v) is 2.51. The Morgan fingerprint density at radius 2 is 1.54 bits per heavy atom. The maximum Gasteiger partial charge on any atom is 0.220 e. The topological polar surface area (TPSA) is 82.0 Å². The molecule has 144 valence electrons. The van der Waals surface area contributed by atoms with Gasteiger partial charge >= 0.3 is 0 Å².